The molecule has 0 bridgehead atoms. The van der Waals surface area contributed by atoms with E-state index in [1.54, 1.807) is 18.2 Å². The largest absolute Gasteiger partial charge is 0.336 e. The third-order valence-electron chi connectivity index (χ3n) is 2.43. The fourth-order valence-electron chi connectivity index (χ4n) is 1.61. The van der Waals surface area contributed by atoms with Crippen LogP contribution in [0.25, 0.3) is 0 Å². The van der Waals surface area contributed by atoms with E-state index in [-0.39, 0.29) is 5.69 Å². The third kappa shape index (κ3) is 3.64. The van der Waals surface area contributed by atoms with Crippen LogP contribution < -0.4 is 5.32 Å². The molecule has 0 amide bonds. The Labute approximate surface area is 124 Å². The maximum absolute atomic E-state index is 13.7. The van der Waals surface area contributed by atoms with E-state index in [0.29, 0.717) is 21.3 Å². The first kappa shape index (κ1) is 14.2. The van der Waals surface area contributed by atoms with Gasteiger partial charge in [-0.2, -0.15) is 0 Å². The molecule has 3 nitrogen and oxygen atoms in total. The molecule has 0 atom stereocenters. The van der Waals surface area contributed by atoms with Crippen molar-refractivity contribution in [1.29, 1.82) is 0 Å². The number of hydrogen-bond acceptors (Lipinski definition) is 3. The van der Waals surface area contributed by atoms with Gasteiger partial charge in [0.05, 0.1) is 10.7 Å². The van der Waals surface area contributed by atoms with Gasteiger partial charge in [0.1, 0.15) is 22.1 Å². The molecule has 2 aromatic rings. The van der Waals surface area contributed by atoms with E-state index >= 15 is 0 Å². The quantitative estimate of drug-likeness (QED) is 0.815. The van der Waals surface area contributed by atoms with Gasteiger partial charge in [0.25, 0.3) is 0 Å². The summed E-state index contributed by atoms with van der Waals surface area (Å²) in [5, 5.41) is 3.20. The summed E-state index contributed by atoms with van der Waals surface area (Å²) in [6, 6.07) is 6.21. The van der Waals surface area contributed by atoms with Crippen LogP contribution in [0.5, 0.6) is 0 Å². The average molecular weight is 345 g/mol. The lowest BCUT2D eigenvalue weighted by Gasteiger charge is -2.10. The SMILES string of the molecule is CCCc1nc(Br)cc(Nc2c(F)cccc2Cl)n1. The summed E-state index contributed by atoms with van der Waals surface area (Å²) < 4.78 is 14.3. The standard InChI is InChI=1S/C13H12BrClFN3/c1-2-4-11-17-10(14)7-12(18-11)19-13-8(15)5-3-6-9(13)16/h3,5-7H,2,4H2,1H3,(H,17,18,19). The Morgan fingerprint density at radius 2 is 2.16 bits per heavy atom. The molecule has 0 saturated carbocycles. The summed E-state index contributed by atoms with van der Waals surface area (Å²) in [5.74, 6) is 0.795. The molecule has 0 aliphatic carbocycles. The fraction of sp³-hybridized carbons (Fsp3) is 0.231. The van der Waals surface area contributed by atoms with Crippen LogP contribution in [0, 0.1) is 5.82 Å². The lowest BCUT2D eigenvalue weighted by Crippen LogP contribution is -2.02. The number of para-hydroxylation sites is 1. The van der Waals surface area contributed by atoms with E-state index in [1.165, 1.54) is 6.07 Å². The van der Waals surface area contributed by atoms with Gasteiger partial charge in [-0.1, -0.05) is 24.6 Å². The Morgan fingerprint density at radius 3 is 2.84 bits per heavy atom. The Balaban J connectivity index is 2.33. The smallest absolute Gasteiger partial charge is 0.148 e. The first-order valence-corrected chi connectivity index (χ1v) is 7.01. The molecule has 1 heterocycles. The molecule has 0 unspecified atom stereocenters. The molecular weight excluding hydrogens is 333 g/mol. The van der Waals surface area contributed by atoms with E-state index in [4.69, 9.17) is 11.6 Å². The number of hydrogen-bond donors (Lipinski definition) is 1. The predicted molar refractivity (Wildman–Crippen MR) is 78.4 cm³/mol. The Bertz CT molecular complexity index is 572. The van der Waals surface area contributed by atoms with Crippen molar-refractivity contribution in [3.05, 3.63) is 45.5 Å². The van der Waals surface area contributed by atoms with Crippen LogP contribution in [0.3, 0.4) is 0 Å². The monoisotopic (exact) mass is 343 g/mol. The van der Waals surface area contributed by atoms with Crippen LogP contribution in [-0.4, -0.2) is 9.97 Å². The van der Waals surface area contributed by atoms with Crippen molar-refractivity contribution >= 4 is 39.0 Å². The summed E-state index contributed by atoms with van der Waals surface area (Å²) in [6.45, 7) is 2.05. The summed E-state index contributed by atoms with van der Waals surface area (Å²) in [4.78, 5) is 8.57. The number of aromatic nitrogens is 2. The van der Waals surface area contributed by atoms with Gasteiger partial charge in [0.15, 0.2) is 0 Å². The molecule has 0 fully saturated rings. The van der Waals surface area contributed by atoms with E-state index < -0.39 is 5.82 Å². The minimum Gasteiger partial charge on any atom is -0.336 e. The third-order valence-corrected chi connectivity index (χ3v) is 3.15. The van der Waals surface area contributed by atoms with Gasteiger partial charge in [0, 0.05) is 12.5 Å². The summed E-state index contributed by atoms with van der Waals surface area (Å²) in [6.07, 6.45) is 1.70. The van der Waals surface area contributed by atoms with Crippen molar-refractivity contribution in [2.75, 3.05) is 5.32 Å². The maximum atomic E-state index is 13.7. The molecule has 0 saturated heterocycles. The van der Waals surface area contributed by atoms with Crippen LogP contribution in [-0.2, 0) is 6.42 Å². The molecular formula is C13H12BrClFN3. The van der Waals surface area contributed by atoms with Gasteiger partial charge in [0.2, 0.25) is 0 Å². The zero-order valence-electron chi connectivity index (χ0n) is 10.3. The minimum atomic E-state index is -0.417. The number of aryl methyl sites for hydroxylation is 1. The van der Waals surface area contributed by atoms with Gasteiger partial charge in [-0.15, -0.1) is 0 Å². The van der Waals surface area contributed by atoms with Crippen molar-refractivity contribution < 1.29 is 4.39 Å². The van der Waals surface area contributed by atoms with Crippen LogP contribution in [0.4, 0.5) is 15.9 Å². The fourth-order valence-corrected chi connectivity index (χ4v) is 2.24. The number of nitrogens with zero attached hydrogens (tertiary/aromatic N) is 2. The highest BCUT2D eigenvalue weighted by atomic mass is 79.9. The second-order valence-corrected chi connectivity index (χ2v) is 5.18. The average Bonchev–Trinajstić information content (AvgIpc) is 2.34. The lowest BCUT2D eigenvalue weighted by atomic mass is 10.3. The molecule has 0 aliphatic rings. The second kappa shape index (κ2) is 6.30. The van der Waals surface area contributed by atoms with E-state index in [2.05, 4.69) is 31.2 Å². The van der Waals surface area contributed by atoms with E-state index in [9.17, 15) is 4.39 Å². The van der Waals surface area contributed by atoms with Gasteiger partial charge < -0.3 is 5.32 Å². The van der Waals surface area contributed by atoms with Crippen molar-refractivity contribution in [3.63, 3.8) is 0 Å². The number of benzene rings is 1. The van der Waals surface area contributed by atoms with Crippen molar-refractivity contribution in [3.8, 4) is 0 Å². The molecule has 1 aromatic heterocycles. The van der Waals surface area contributed by atoms with Crippen molar-refractivity contribution in [2.45, 2.75) is 19.8 Å². The van der Waals surface area contributed by atoms with Crippen LogP contribution >= 0.6 is 27.5 Å². The molecule has 2 rings (SSSR count). The highest BCUT2D eigenvalue weighted by molar-refractivity contribution is 9.10. The zero-order chi connectivity index (χ0) is 13.8. The lowest BCUT2D eigenvalue weighted by molar-refractivity contribution is 0.632. The molecule has 19 heavy (non-hydrogen) atoms. The number of anilines is 2. The number of halogens is 3. The van der Waals surface area contributed by atoms with Gasteiger partial charge in [-0.3, -0.25) is 0 Å². The summed E-state index contributed by atoms with van der Waals surface area (Å²) in [5.41, 5.74) is 0.220. The van der Waals surface area contributed by atoms with Gasteiger partial charge in [-0.25, -0.2) is 14.4 Å². The van der Waals surface area contributed by atoms with Crippen LogP contribution in [0.15, 0.2) is 28.9 Å². The normalized spacial score (nSPS) is 10.5. The topological polar surface area (TPSA) is 37.8 Å². The maximum Gasteiger partial charge on any atom is 0.148 e. The second-order valence-electron chi connectivity index (χ2n) is 3.96. The summed E-state index contributed by atoms with van der Waals surface area (Å²) >= 11 is 9.28. The van der Waals surface area contributed by atoms with Gasteiger partial charge in [-0.05, 0) is 34.5 Å². The Morgan fingerprint density at radius 1 is 1.37 bits per heavy atom. The molecule has 100 valence electrons. The molecule has 0 aliphatic heterocycles. The zero-order valence-corrected chi connectivity index (χ0v) is 12.6. The molecule has 0 spiro atoms. The highest BCUT2D eigenvalue weighted by Crippen LogP contribution is 2.28. The van der Waals surface area contributed by atoms with Crippen LogP contribution in [0.2, 0.25) is 5.02 Å². The van der Waals surface area contributed by atoms with Gasteiger partial charge >= 0.3 is 0 Å². The summed E-state index contributed by atoms with van der Waals surface area (Å²) in [7, 11) is 0. The highest BCUT2D eigenvalue weighted by Gasteiger charge is 2.09. The minimum absolute atomic E-state index is 0.220. The van der Waals surface area contributed by atoms with Crippen molar-refractivity contribution in [2.24, 2.45) is 0 Å². The van der Waals surface area contributed by atoms with Crippen LogP contribution in [0.1, 0.15) is 19.2 Å². The Kier molecular flexibility index (Phi) is 4.71. The van der Waals surface area contributed by atoms with Crippen molar-refractivity contribution in [1.82, 2.24) is 9.97 Å². The Hall–Kier alpha value is -1.20. The molecule has 6 heteroatoms. The van der Waals surface area contributed by atoms with E-state index in [1.807, 2.05) is 6.92 Å². The first-order chi connectivity index (χ1) is 9.10. The molecule has 0 radical (unpaired) electrons. The molecule has 1 aromatic carbocycles. The predicted octanol–water partition coefficient (Wildman–Crippen LogP) is 4.73. The molecule has 1 N–H and O–H groups in total. The van der Waals surface area contributed by atoms with E-state index in [0.717, 1.165) is 12.8 Å². The number of rotatable bonds is 4. The first-order valence-electron chi connectivity index (χ1n) is 5.84. The number of nitrogens with one attached hydrogen (secondary N) is 1.